The van der Waals surface area contributed by atoms with Crippen molar-refractivity contribution in [3.63, 3.8) is 0 Å². The molecule has 13 heteroatoms. The van der Waals surface area contributed by atoms with Gasteiger partial charge in [0, 0.05) is 36.9 Å². The second-order valence-electron chi connectivity index (χ2n) is 16.9. The van der Waals surface area contributed by atoms with Gasteiger partial charge in [-0.15, -0.1) is 0 Å². The van der Waals surface area contributed by atoms with Gasteiger partial charge >= 0.3 is 5.97 Å². The normalized spacial score (nSPS) is 35.1. The standard InChI is InChI=1S/C43H58N6O7/c1-7-34-40(53)49-24-28(11-12-38(49)47(34)6)20-29-21-30(41(54)56-29)33(46-37-10-8-9-15-44-37)22-31-26(2)32(45-27(3)39(52)48-16-18-55-19-17-48)23-35-42(31,4)14-13-36(51)43(35,5)25-50/h8-12,15,20-21,24,27,31-36,38,45,50-51H,2,7,13-14,16-19,22-23,25H2,1,3-6H3,(H,44,46)/t27?,31?,32?,33?,34?,35?,36-,38?,42-,43+/m1/s1. The van der Waals surface area contributed by atoms with E-state index in [4.69, 9.17) is 16.1 Å². The molecule has 6 aliphatic rings. The number of rotatable bonds is 11. The number of carbonyl (C=O) groups excluding carboxylic acids is 3. The minimum absolute atomic E-state index is 0.00259. The molecule has 4 fully saturated rings. The molecule has 4 N–H and O–H groups in total. The van der Waals surface area contributed by atoms with Gasteiger partial charge in [0.05, 0.1) is 49.6 Å². The Labute approximate surface area is 330 Å². The number of hydrogen-bond acceptors (Lipinski definition) is 11. The SMILES string of the molecule is C=C1C(NC(C)C(=O)N2CCOCC2)CC2[C@](C)(CC[C@@H](O)[C@@]2(C)CO)C1CC(Nc1ccccn1)C1=CC(=CC2=CN3C(=O)C(CC)N(C)C3C=C2)OC1=O. The highest BCUT2D eigenvalue weighted by molar-refractivity contribution is 5.95. The number of nitrogens with zero attached hydrogens (tertiary/aromatic N) is 4. The molecule has 10 atom stereocenters. The van der Waals surface area contributed by atoms with Crippen LogP contribution in [0.3, 0.4) is 0 Å². The van der Waals surface area contributed by atoms with Gasteiger partial charge in [0.1, 0.15) is 17.7 Å². The second-order valence-corrected chi connectivity index (χ2v) is 16.9. The fourth-order valence-electron chi connectivity index (χ4n) is 10.4. The van der Waals surface area contributed by atoms with E-state index in [1.807, 2.05) is 69.3 Å². The number of ether oxygens (including phenoxy) is 2. The number of nitrogens with one attached hydrogen (secondary N) is 2. The van der Waals surface area contributed by atoms with E-state index in [1.165, 1.54) is 0 Å². The third kappa shape index (κ3) is 7.28. The molecule has 0 bridgehead atoms. The lowest BCUT2D eigenvalue weighted by molar-refractivity contribution is -0.157. The highest BCUT2D eigenvalue weighted by atomic mass is 16.5. The van der Waals surface area contributed by atoms with Crippen molar-refractivity contribution < 1.29 is 34.1 Å². The first-order valence-electron chi connectivity index (χ1n) is 20.2. The van der Waals surface area contributed by atoms with Gasteiger partial charge in [-0.25, -0.2) is 9.78 Å². The van der Waals surface area contributed by atoms with Crippen LogP contribution in [0.15, 0.2) is 84.0 Å². The number of cyclic esters (lactones) is 1. The fraction of sp³-hybridized carbons (Fsp3) is 0.581. The number of allylic oxidation sites excluding steroid dienone is 4. The second kappa shape index (κ2) is 16.0. The third-order valence-corrected chi connectivity index (χ3v) is 13.7. The molecule has 5 heterocycles. The van der Waals surface area contributed by atoms with Gasteiger partial charge in [0.25, 0.3) is 0 Å². The fourth-order valence-corrected chi connectivity index (χ4v) is 10.4. The molecule has 2 saturated heterocycles. The molecule has 56 heavy (non-hydrogen) atoms. The number of pyridine rings is 1. The summed E-state index contributed by atoms with van der Waals surface area (Å²) in [6.07, 6.45) is 13.1. The van der Waals surface area contributed by atoms with Crippen LogP contribution in [0.4, 0.5) is 5.82 Å². The van der Waals surface area contributed by atoms with Crippen molar-refractivity contribution in [3.05, 3.63) is 84.0 Å². The number of fused-ring (bicyclic) bond motifs is 2. The van der Waals surface area contributed by atoms with Crippen LogP contribution in [-0.2, 0) is 23.9 Å². The van der Waals surface area contributed by atoms with E-state index in [1.54, 1.807) is 23.2 Å². The van der Waals surface area contributed by atoms with Gasteiger partial charge in [-0.1, -0.05) is 45.1 Å². The number of likely N-dealkylation sites (N-methyl/N-ethyl adjacent to an activating group) is 1. The first-order valence-corrected chi connectivity index (χ1v) is 20.2. The minimum Gasteiger partial charge on any atom is -0.423 e. The highest BCUT2D eigenvalue weighted by Crippen LogP contribution is 2.62. The Balaban J connectivity index is 1.21. The molecule has 2 aliphatic carbocycles. The molecular weight excluding hydrogens is 713 g/mol. The number of aromatic nitrogens is 1. The minimum atomic E-state index is -0.794. The molecule has 7 unspecified atom stereocenters. The van der Waals surface area contributed by atoms with Crippen LogP contribution in [0, 0.1) is 22.7 Å². The summed E-state index contributed by atoms with van der Waals surface area (Å²) in [6, 6.07) is 4.03. The van der Waals surface area contributed by atoms with Gasteiger partial charge in [0.15, 0.2) is 0 Å². The zero-order valence-corrected chi connectivity index (χ0v) is 33.3. The lowest BCUT2D eigenvalue weighted by Gasteiger charge is -2.62. The van der Waals surface area contributed by atoms with Crippen LogP contribution in [0.25, 0.3) is 0 Å². The van der Waals surface area contributed by atoms with Crippen LogP contribution in [0.1, 0.15) is 59.8 Å². The molecule has 7 rings (SSSR count). The third-order valence-electron chi connectivity index (χ3n) is 13.7. The van der Waals surface area contributed by atoms with Crippen LogP contribution < -0.4 is 10.6 Å². The van der Waals surface area contributed by atoms with E-state index < -0.39 is 35.0 Å². The molecule has 0 spiro atoms. The molecule has 1 aromatic rings. The maximum atomic E-state index is 13.9. The van der Waals surface area contributed by atoms with Gasteiger partial charge in [0.2, 0.25) is 11.8 Å². The molecule has 13 nitrogen and oxygen atoms in total. The van der Waals surface area contributed by atoms with Gasteiger partial charge < -0.3 is 29.9 Å². The van der Waals surface area contributed by atoms with Crippen LogP contribution >= 0.6 is 0 Å². The van der Waals surface area contributed by atoms with Crippen molar-refractivity contribution in [3.8, 4) is 0 Å². The first kappa shape index (κ1) is 40.1. The van der Waals surface area contributed by atoms with Crippen molar-refractivity contribution in [2.24, 2.45) is 22.7 Å². The van der Waals surface area contributed by atoms with Crippen molar-refractivity contribution in [2.45, 2.75) is 96.2 Å². The smallest absolute Gasteiger partial charge is 0.341 e. The van der Waals surface area contributed by atoms with E-state index in [0.29, 0.717) is 75.6 Å². The molecule has 302 valence electrons. The number of esters is 1. The van der Waals surface area contributed by atoms with Gasteiger partial charge in [-0.05, 0) is 99.3 Å². The number of morpholine rings is 1. The number of aliphatic hydroxyl groups excluding tert-OH is 2. The molecule has 4 aliphatic heterocycles. The van der Waals surface area contributed by atoms with E-state index in [2.05, 4.69) is 27.4 Å². The number of carbonyl (C=O) groups is 3. The quantitative estimate of drug-likeness (QED) is 0.193. The number of aliphatic hydroxyl groups is 2. The maximum absolute atomic E-state index is 13.9. The van der Waals surface area contributed by atoms with E-state index in [-0.39, 0.29) is 48.5 Å². The van der Waals surface area contributed by atoms with Crippen molar-refractivity contribution in [2.75, 3.05) is 45.3 Å². The Morgan fingerprint density at radius 3 is 2.68 bits per heavy atom. The molecule has 1 aromatic heterocycles. The topological polar surface area (TPSA) is 157 Å². The summed E-state index contributed by atoms with van der Waals surface area (Å²) >= 11 is 0. The Morgan fingerprint density at radius 1 is 1.21 bits per heavy atom. The highest BCUT2D eigenvalue weighted by Gasteiger charge is 2.60. The molecule has 0 aromatic carbocycles. The van der Waals surface area contributed by atoms with Crippen molar-refractivity contribution in [1.29, 1.82) is 0 Å². The summed E-state index contributed by atoms with van der Waals surface area (Å²) in [5.41, 5.74) is 0.898. The number of amides is 2. The molecule has 2 saturated carbocycles. The lowest BCUT2D eigenvalue weighted by atomic mass is 9.45. The number of hydrogen-bond donors (Lipinski definition) is 4. The molecule has 2 amide bonds. The first-order chi connectivity index (χ1) is 26.8. The van der Waals surface area contributed by atoms with Crippen LogP contribution in [0.5, 0.6) is 0 Å². The average Bonchev–Trinajstić information content (AvgIpc) is 3.69. The zero-order valence-electron chi connectivity index (χ0n) is 33.3. The van der Waals surface area contributed by atoms with Gasteiger partial charge in [-0.3, -0.25) is 24.7 Å². The summed E-state index contributed by atoms with van der Waals surface area (Å²) in [5, 5.41) is 29.5. The van der Waals surface area contributed by atoms with Crippen LogP contribution in [-0.4, -0.2) is 124 Å². The van der Waals surface area contributed by atoms with Gasteiger partial charge in [-0.2, -0.15) is 0 Å². The summed E-state index contributed by atoms with van der Waals surface area (Å²) in [6.45, 7) is 14.7. The lowest BCUT2D eigenvalue weighted by Crippen LogP contribution is -2.62. The Kier molecular flexibility index (Phi) is 11.5. The summed E-state index contributed by atoms with van der Waals surface area (Å²) < 4.78 is 11.4. The van der Waals surface area contributed by atoms with Crippen LogP contribution in [0.2, 0.25) is 0 Å². The monoisotopic (exact) mass is 770 g/mol. The molecular formula is C43H58N6O7. The summed E-state index contributed by atoms with van der Waals surface area (Å²) in [5.74, 6) is 0.192. The predicted molar refractivity (Wildman–Crippen MR) is 211 cm³/mol. The van der Waals surface area contributed by atoms with E-state index in [0.717, 1.165) is 11.1 Å². The number of anilines is 1. The Bertz CT molecular complexity index is 1820. The van der Waals surface area contributed by atoms with Crippen molar-refractivity contribution in [1.82, 2.24) is 25.0 Å². The Hall–Kier alpha value is -4.14. The maximum Gasteiger partial charge on any atom is 0.341 e. The predicted octanol–water partition coefficient (Wildman–Crippen LogP) is 3.51. The molecule has 0 radical (unpaired) electrons. The summed E-state index contributed by atoms with van der Waals surface area (Å²) in [4.78, 5) is 50.8. The van der Waals surface area contributed by atoms with E-state index in [9.17, 15) is 24.6 Å². The average molecular weight is 771 g/mol. The summed E-state index contributed by atoms with van der Waals surface area (Å²) in [7, 11) is 1.95. The largest absolute Gasteiger partial charge is 0.423 e. The van der Waals surface area contributed by atoms with E-state index >= 15 is 0 Å². The van der Waals surface area contributed by atoms with Crippen molar-refractivity contribution >= 4 is 23.6 Å². The Morgan fingerprint density at radius 2 is 1.98 bits per heavy atom. The zero-order chi connectivity index (χ0) is 39.9.